The number of nitrogens with one attached hydrogen (secondary N) is 2. The van der Waals surface area contributed by atoms with Crippen LogP contribution in [0.1, 0.15) is 0 Å². The molecular formula is C5H9N5. The molecule has 0 unspecified atom stereocenters. The smallest absolute Gasteiger partial charge is 0.142 e. The van der Waals surface area contributed by atoms with Crippen LogP contribution in [0, 0.1) is 0 Å². The van der Waals surface area contributed by atoms with E-state index in [2.05, 4.69) is 15.8 Å². The second-order valence-electron chi connectivity index (χ2n) is 1.70. The number of anilines is 2. The summed E-state index contributed by atoms with van der Waals surface area (Å²) in [5, 5.41) is 0. The summed E-state index contributed by atoms with van der Waals surface area (Å²) in [6, 6.07) is 5.26. The third kappa shape index (κ3) is 1.34. The van der Waals surface area contributed by atoms with Crippen LogP contribution in [0.3, 0.4) is 0 Å². The van der Waals surface area contributed by atoms with E-state index in [0.29, 0.717) is 11.6 Å². The molecule has 5 heteroatoms. The molecule has 0 fully saturated rings. The van der Waals surface area contributed by atoms with Crippen LogP contribution in [0.25, 0.3) is 0 Å². The first-order valence-corrected chi connectivity index (χ1v) is 2.77. The molecule has 0 amide bonds. The second kappa shape index (κ2) is 3.00. The van der Waals surface area contributed by atoms with Gasteiger partial charge in [0.1, 0.15) is 11.6 Å². The zero-order valence-electron chi connectivity index (χ0n) is 5.33. The van der Waals surface area contributed by atoms with Gasteiger partial charge in [-0.15, -0.1) is 0 Å². The van der Waals surface area contributed by atoms with Crippen molar-refractivity contribution in [3.8, 4) is 0 Å². The standard InChI is InChI=1S/C5H9N5/c6-9-4-2-1-3-5(8-4)10-7/h1-3H,6-7H2,(H2,8,9,10). The minimum absolute atomic E-state index is 0.579. The van der Waals surface area contributed by atoms with Crippen LogP contribution < -0.4 is 22.5 Å². The summed E-state index contributed by atoms with van der Waals surface area (Å²) in [7, 11) is 0. The van der Waals surface area contributed by atoms with Crippen molar-refractivity contribution in [3.05, 3.63) is 18.2 Å². The highest BCUT2D eigenvalue weighted by molar-refractivity contribution is 5.43. The molecule has 1 heterocycles. The number of nitrogen functional groups attached to an aromatic ring is 2. The van der Waals surface area contributed by atoms with Gasteiger partial charge in [-0.25, -0.2) is 16.7 Å². The number of hydrazine groups is 2. The van der Waals surface area contributed by atoms with E-state index in [1.54, 1.807) is 18.2 Å². The Morgan fingerprint density at radius 2 is 1.60 bits per heavy atom. The molecule has 1 aromatic heterocycles. The largest absolute Gasteiger partial charge is 0.308 e. The van der Waals surface area contributed by atoms with Crippen molar-refractivity contribution in [1.82, 2.24) is 4.98 Å². The predicted octanol–water partition coefficient (Wildman–Crippen LogP) is -0.347. The quantitative estimate of drug-likeness (QED) is 0.332. The van der Waals surface area contributed by atoms with E-state index < -0.39 is 0 Å². The molecule has 54 valence electrons. The maximum Gasteiger partial charge on any atom is 0.142 e. The van der Waals surface area contributed by atoms with Crippen LogP contribution in [-0.4, -0.2) is 4.98 Å². The Morgan fingerprint density at radius 1 is 1.10 bits per heavy atom. The number of hydrogen-bond donors (Lipinski definition) is 4. The van der Waals surface area contributed by atoms with Crippen LogP contribution in [0.5, 0.6) is 0 Å². The van der Waals surface area contributed by atoms with E-state index in [-0.39, 0.29) is 0 Å². The lowest BCUT2D eigenvalue weighted by Gasteiger charge is -2.00. The average molecular weight is 139 g/mol. The average Bonchev–Trinajstić information content (AvgIpc) is 2.05. The van der Waals surface area contributed by atoms with Crippen LogP contribution in [0.2, 0.25) is 0 Å². The molecular weight excluding hydrogens is 130 g/mol. The first kappa shape index (κ1) is 6.79. The van der Waals surface area contributed by atoms with Crippen molar-refractivity contribution in [2.24, 2.45) is 11.7 Å². The highest BCUT2D eigenvalue weighted by atomic mass is 15.3. The Balaban J connectivity index is 2.87. The first-order valence-electron chi connectivity index (χ1n) is 2.77. The van der Waals surface area contributed by atoms with Gasteiger partial charge in [-0.05, 0) is 12.1 Å². The SMILES string of the molecule is NNc1cccc(NN)n1. The van der Waals surface area contributed by atoms with Crippen molar-refractivity contribution in [1.29, 1.82) is 0 Å². The van der Waals surface area contributed by atoms with E-state index in [0.717, 1.165) is 0 Å². The zero-order chi connectivity index (χ0) is 7.40. The Bertz CT molecular complexity index is 192. The van der Waals surface area contributed by atoms with Gasteiger partial charge in [0, 0.05) is 0 Å². The van der Waals surface area contributed by atoms with Crippen LogP contribution in [0.4, 0.5) is 11.6 Å². The van der Waals surface area contributed by atoms with Crippen molar-refractivity contribution in [3.63, 3.8) is 0 Å². The van der Waals surface area contributed by atoms with Crippen molar-refractivity contribution >= 4 is 11.6 Å². The zero-order valence-corrected chi connectivity index (χ0v) is 5.33. The van der Waals surface area contributed by atoms with Crippen LogP contribution in [-0.2, 0) is 0 Å². The molecule has 0 radical (unpaired) electrons. The molecule has 5 nitrogen and oxygen atoms in total. The van der Waals surface area contributed by atoms with E-state index >= 15 is 0 Å². The third-order valence-electron chi connectivity index (χ3n) is 1.04. The number of hydrogen-bond acceptors (Lipinski definition) is 5. The van der Waals surface area contributed by atoms with Gasteiger partial charge in [0.25, 0.3) is 0 Å². The van der Waals surface area contributed by atoms with E-state index in [1.165, 1.54) is 0 Å². The number of nitrogens with two attached hydrogens (primary N) is 2. The molecule has 0 aromatic carbocycles. The van der Waals surface area contributed by atoms with Crippen LogP contribution >= 0.6 is 0 Å². The maximum absolute atomic E-state index is 5.09. The highest BCUT2D eigenvalue weighted by Gasteiger charge is 1.90. The summed E-state index contributed by atoms with van der Waals surface area (Å²) in [5.74, 6) is 11.3. The Labute approximate surface area is 58.4 Å². The molecule has 10 heavy (non-hydrogen) atoms. The summed E-state index contributed by atoms with van der Waals surface area (Å²) in [6.07, 6.45) is 0. The van der Waals surface area contributed by atoms with Crippen LogP contribution in [0.15, 0.2) is 18.2 Å². The summed E-state index contributed by atoms with van der Waals surface area (Å²) in [5.41, 5.74) is 4.79. The number of pyridine rings is 1. The van der Waals surface area contributed by atoms with Gasteiger partial charge < -0.3 is 10.9 Å². The molecule has 0 saturated carbocycles. The lowest BCUT2D eigenvalue weighted by molar-refractivity contribution is 1.19. The lowest BCUT2D eigenvalue weighted by atomic mass is 10.4. The Hall–Kier alpha value is -1.33. The van der Waals surface area contributed by atoms with Crippen molar-refractivity contribution in [2.75, 3.05) is 10.9 Å². The minimum Gasteiger partial charge on any atom is -0.308 e. The molecule has 0 aliphatic carbocycles. The monoisotopic (exact) mass is 139 g/mol. The fourth-order valence-corrected chi connectivity index (χ4v) is 0.595. The number of nitrogens with zero attached hydrogens (tertiary/aromatic N) is 1. The predicted molar refractivity (Wildman–Crippen MR) is 39.9 cm³/mol. The fourth-order valence-electron chi connectivity index (χ4n) is 0.595. The summed E-state index contributed by atoms with van der Waals surface area (Å²) in [6.45, 7) is 0. The van der Waals surface area contributed by atoms with Gasteiger partial charge in [0.2, 0.25) is 0 Å². The Morgan fingerprint density at radius 3 is 2.00 bits per heavy atom. The van der Waals surface area contributed by atoms with E-state index in [4.69, 9.17) is 11.7 Å². The van der Waals surface area contributed by atoms with Gasteiger partial charge in [-0.1, -0.05) is 6.07 Å². The normalized spacial score (nSPS) is 9.00. The Kier molecular flexibility index (Phi) is 2.03. The molecule has 1 rings (SSSR count). The van der Waals surface area contributed by atoms with Crippen molar-refractivity contribution in [2.45, 2.75) is 0 Å². The number of rotatable bonds is 2. The lowest BCUT2D eigenvalue weighted by Crippen LogP contribution is -2.12. The summed E-state index contributed by atoms with van der Waals surface area (Å²) in [4.78, 5) is 3.94. The van der Waals surface area contributed by atoms with Gasteiger partial charge in [0.15, 0.2) is 0 Å². The molecule has 0 spiro atoms. The van der Waals surface area contributed by atoms with Gasteiger partial charge in [-0.2, -0.15) is 0 Å². The molecule has 0 aliphatic heterocycles. The molecule has 0 aliphatic rings. The van der Waals surface area contributed by atoms with Gasteiger partial charge in [-0.3, -0.25) is 0 Å². The van der Waals surface area contributed by atoms with Gasteiger partial charge >= 0.3 is 0 Å². The first-order chi connectivity index (χ1) is 4.86. The van der Waals surface area contributed by atoms with Crippen molar-refractivity contribution < 1.29 is 0 Å². The maximum atomic E-state index is 5.09. The minimum atomic E-state index is 0.579. The molecule has 6 N–H and O–H groups in total. The molecule has 1 aromatic rings. The van der Waals surface area contributed by atoms with Gasteiger partial charge in [0.05, 0.1) is 0 Å². The molecule has 0 atom stereocenters. The summed E-state index contributed by atoms with van der Waals surface area (Å²) < 4.78 is 0. The highest BCUT2D eigenvalue weighted by Crippen LogP contribution is 2.05. The molecule has 0 saturated heterocycles. The fraction of sp³-hybridized carbons (Fsp3) is 0. The topological polar surface area (TPSA) is 89.0 Å². The third-order valence-corrected chi connectivity index (χ3v) is 1.04. The summed E-state index contributed by atoms with van der Waals surface area (Å²) >= 11 is 0. The van der Waals surface area contributed by atoms with E-state index in [9.17, 15) is 0 Å². The second-order valence-corrected chi connectivity index (χ2v) is 1.70. The van der Waals surface area contributed by atoms with E-state index in [1.807, 2.05) is 0 Å². The molecule has 0 bridgehead atoms. The number of aromatic nitrogens is 1.